The van der Waals surface area contributed by atoms with Crippen molar-refractivity contribution in [3.05, 3.63) is 69.7 Å². The van der Waals surface area contributed by atoms with E-state index in [0.29, 0.717) is 15.6 Å². The standard InChI is InChI=1S/C19H21Cl2NO5S/c20-15-7-6-14(16(21)8-15)9-22-17(19(24)18(23)12-28(22,25)26)11-27-10-13-4-2-1-3-5-13/h1-8,17-19,23-24H,9-12H2/t17-,18+,19-/m0/s1. The second kappa shape index (κ2) is 9.09. The predicted octanol–water partition coefficient (Wildman–Crippen LogP) is 2.45. The lowest BCUT2D eigenvalue weighted by Crippen LogP contribution is -2.60. The Morgan fingerprint density at radius 3 is 2.50 bits per heavy atom. The summed E-state index contributed by atoms with van der Waals surface area (Å²) in [6.07, 6.45) is -2.65. The molecule has 0 radical (unpaired) electrons. The molecular weight excluding hydrogens is 425 g/mol. The van der Waals surface area contributed by atoms with Crippen molar-refractivity contribution in [2.75, 3.05) is 12.4 Å². The maximum Gasteiger partial charge on any atom is 0.217 e. The van der Waals surface area contributed by atoms with Gasteiger partial charge in [0.15, 0.2) is 0 Å². The molecule has 2 aromatic carbocycles. The first-order valence-electron chi connectivity index (χ1n) is 8.69. The highest BCUT2D eigenvalue weighted by atomic mass is 35.5. The average Bonchev–Trinajstić information content (AvgIpc) is 2.64. The first-order valence-corrected chi connectivity index (χ1v) is 11.1. The molecule has 0 amide bonds. The third-order valence-electron chi connectivity index (χ3n) is 4.64. The summed E-state index contributed by atoms with van der Waals surface area (Å²) in [7, 11) is -3.82. The zero-order valence-corrected chi connectivity index (χ0v) is 17.2. The summed E-state index contributed by atoms with van der Waals surface area (Å²) >= 11 is 12.1. The molecule has 0 spiro atoms. The fourth-order valence-electron chi connectivity index (χ4n) is 3.13. The molecule has 0 aromatic heterocycles. The van der Waals surface area contributed by atoms with Gasteiger partial charge in [0.2, 0.25) is 10.0 Å². The van der Waals surface area contributed by atoms with Crippen molar-refractivity contribution in [3.8, 4) is 0 Å². The summed E-state index contributed by atoms with van der Waals surface area (Å²) in [5.41, 5.74) is 1.47. The highest BCUT2D eigenvalue weighted by Gasteiger charge is 2.45. The Labute approximate surface area is 174 Å². The number of sulfonamides is 1. The van der Waals surface area contributed by atoms with Crippen LogP contribution in [-0.4, -0.2) is 53.5 Å². The van der Waals surface area contributed by atoms with Crippen molar-refractivity contribution in [1.82, 2.24) is 4.31 Å². The molecule has 9 heteroatoms. The predicted molar refractivity (Wildman–Crippen MR) is 108 cm³/mol. The van der Waals surface area contributed by atoms with Crippen molar-refractivity contribution in [2.24, 2.45) is 0 Å². The minimum absolute atomic E-state index is 0.0541. The van der Waals surface area contributed by atoms with Crippen LogP contribution in [0.1, 0.15) is 11.1 Å². The van der Waals surface area contributed by atoms with E-state index in [2.05, 4.69) is 0 Å². The van der Waals surface area contributed by atoms with Crippen molar-refractivity contribution < 1.29 is 23.4 Å². The van der Waals surface area contributed by atoms with Crippen LogP contribution in [0.5, 0.6) is 0 Å². The molecule has 3 atom stereocenters. The second-order valence-corrected chi connectivity index (χ2v) is 9.50. The number of halogens is 2. The summed E-state index contributed by atoms with van der Waals surface area (Å²) in [4.78, 5) is 0. The minimum atomic E-state index is -3.82. The maximum atomic E-state index is 12.7. The van der Waals surface area contributed by atoms with Crippen LogP contribution in [0.2, 0.25) is 10.0 Å². The smallest absolute Gasteiger partial charge is 0.217 e. The van der Waals surface area contributed by atoms with E-state index in [0.717, 1.165) is 9.87 Å². The molecule has 0 unspecified atom stereocenters. The monoisotopic (exact) mass is 445 g/mol. The summed E-state index contributed by atoms with van der Waals surface area (Å²) < 4.78 is 32.2. The quantitative estimate of drug-likeness (QED) is 0.712. The Bertz CT molecular complexity index is 910. The molecule has 2 aromatic rings. The summed E-state index contributed by atoms with van der Waals surface area (Å²) in [6, 6.07) is 13.2. The van der Waals surface area contributed by atoms with Crippen LogP contribution in [0, 0.1) is 0 Å². The molecule has 28 heavy (non-hydrogen) atoms. The van der Waals surface area contributed by atoms with E-state index in [4.69, 9.17) is 27.9 Å². The van der Waals surface area contributed by atoms with E-state index in [1.165, 1.54) is 6.07 Å². The Kier molecular flexibility index (Phi) is 6.98. The molecule has 0 saturated carbocycles. The molecule has 3 rings (SSSR count). The Balaban J connectivity index is 1.79. The number of hydrogen-bond acceptors (Lipinski definition) is 5. The van der Waals surface area contributed by atoms with Gasteiger partial charge >= 0.3 is 0 Å². The van der Waals surface area contributed by atoms with Gasteiger partial charge in [-0.05, 0) is 23.3 Å². The Morgan fingerprint density at radius 2 is 1.82 bits per heavy atom. The first kappa shape index (κ1) is 21.5. The van der Waals surface area contributed by atoms with Crippen molar-refractivity contribution in [1.29, 1.82) is 0 Å². The fraction of sp³-hybridized carbons (Fsp3) is 0.368. The van der Waals surface area contributed by atoms with Gasteiger partial charge in [0, 0.05) is 16.6 Å². The number of hydrogen-bond donors (Lipinski definition) is 2. The van der Waals surface area contributed by atoms with Gasteiger partial charge in [0.05, 0.1) is 37.2 Å². The summed E-state index contributed by atoms with van der Waals surface area (Å²) in [5.74, 6) is -0.561. The lowest BCUT2D eigenvalue weighted by Gasteiger charge is -2.40. The van der Waals surface area contributed by atoms with Crippen LogP contribution >= 0.6 is 23.2 Å². The van der Waals surface area contributed by atoms with Gasteiger partial charge < -0.3 is 14.9 Å². The van der Waals surface area contributed by atoms with E-state index in [1.807, 2.05) is 30.3 Å². The molecule has 0 bridgehead atoms. The largest absolute Gasteiger partial charge is 0.389 e. The molecular formula is C19H21Cl2NO5S. The number of ether oxygens (including phenoxy) is 1. The van der Waals surface area contributed by atoms with E-state index in [9.17, 15) is 18.6 Å². The SMILES string of the molecule is O=S1(=O)C[C@@H](O)[C@@H](O)[C@H](COCc2ccccc2)N1Cc1ccc(Cl)cc1Cl. The highest BCUT2D eigenvalue weighted by Crippen LogP contribution is 2.28. The first-order chi connectivity index (χ1) is 13.3. The molecule has 2 N–H and O–H groups in total. The molecule has 1 aliphatic rings. The molecule has 6 nitrogen and oxygen atoms in total. The van der Waals surface area contributed by atoms with Crippen LogP contribution in [-0.2, 0) is 27.9 Å². The zero-order valence-electron chi connectivity index (χ0n) is 14.9. The van der Waals surface area contributed by atoms with Gasteiger partial charge in [-0.2, -0.15) is 4.31 Å². The van der Waals surface area contributed by atoms with Gasteiger partial charge in [0.1, 0.15) is 0 Å². The third-order valence-corrected chi connectivity index (χ3v) is 7.10. The second-order valence-electron chi connectivity index (χ2n) is 6.69. The number of aliphatic hydroxyl groups excluding tert-OH is 2. The fourth-order valence-corrected chi connectivity index (χ4v) is 5.35. The van der Waals surface area contributed by atoms with Gasteiger partial charge in [0.25, 0.3) is 0 Å². The number of rotatable bonds is 6. The lowest BCUT2D eigenvalue weighted by atomic mass is 10.1. The van der Waals surface area contributed by atoms with Gasteiger partial charge in [-0.15, -0.1) is 0 Å². The van der Waals surface area contributed by atoms with Crippen LogP contribution in [0.25, 0.3) is 0 Å². The Morgan fingerprint density at radius 1 is 1.11 bits per heavy atom. The van der Waals surface area contributed by atoms with Gasteiger partial charge in [-0.1, -0.05) is 59.6 Å². The van der Waals surface area contributed by atoms with Crippen molar-refractivity contribution in [2.45, 2.75) is 31.4 Å². The molecule has 1 saturated heterocycles. The van der Waals surface area contributed by atoms with Crippen LogP contribution in [0.15, 0.2) is 48.5 Å². The van der Waals surface area contributed by atoms with Crippen molar-refractivity contribution in [3.63, 3.8) is 0 Å². The van der Waals surface area contributed by atoms with Gasteiger partial charge in [-0.25, -0.2) is 8.42 Å². The summed E-state index contributed by atoms with van der Waals surface area (Å²) in [5, 5.41) is 21.2. The Hall–Kier alpha value is -1.19. The van der Waals surface area contributed by atoms with Gasteiger partial charge in [-0.3, -0.25) is 0 Å². The molecule has 1 heterocycles. The molecule has 1 fully saturated rings. The molecule has 1 aliphatic heterocycles. The normalized spacial score (nSPS) is 24.9. The summed E-state index contributed by atoms with van der Waals surface area (Å²) in [6.45, 7) is 0.134. The van der Waals surface area contributed by atoms with E-state index in [-0.39, 0.29) is 19.8 Å². The average molecular weight is 446 g/mol. The molecule has 152 valence electrons. The number of aliphatic hydroxyl groups is 2. The zero-order chi connectivity index (χ0) is 20.3. The van der Waals surface area contributed by atoms with E-state index < -0.39 is 34.0 Å². The van der Waals surface area contributed by atoms with E-state index in [1.54, 1.807) is 12.1 Å². The highest BCUT2D eigenvalue weighted by molar-refractivity contribution is 7.89. The topological polar surface area (TPSA) is 87.1 Å². The maximum absolute atomic E-state index is 12.7. The molecule has 0 aliphatic carbocycles. The lowest BCUT2D eigenvalue weighted by molar-refractivity contribution is -0.0530. The minimum Gasteiger partial charge on any atom is -0.389 e. The number of benzene rings is 2. The van der Waals surface area contributed by atoms with E-state index >= 15 is 0 Å². The third kappa shape index (κ3) is 5.04. The van der Waals surface area contributed by atoms with Crippen LogP contribution < -0.4 is 0 Å². The number of nitrogens with zero attached hydrogens (tertiary/aromatic N) is 1. The van der Waals surface area contributed by atoms with Crippen LogP contribution in [0.3, 0.4) is 0 Å². The van der Waals surface area contributed by atoms with Crippen LogP contribution in [0.4, 0.5) is 0 Å². The van der Waals surface area contributed by atoms with Crippen molar-refractivity contribution >= 4 is 33.2 Å².